The van der Waals surface area contributed by atoms with Gasteiger partial charge in [0.1, 0.15) is 12.4 Å². The molecule has 4 aliphatic rings. The maximum Gasteiger partial charge on any atom is 0.258 e. The minimum absolute atomic E-state index is 0.00465. The van der Waals surface area contributed by atoms with Crippen molar-refractivity contribution in [3.63, 3.8) is 0 Å². The zero-order chi connectivity index (χ0) is 20.7. The van der Waals surface area contributed by atoms with Crippen LogP contribution in [0.5, 0.6) is 5.75 Å². The Hall–Kier alpha value is -2.30. The fraction of sp³-hybridized carbons (Fsp3) is 0.571. The fourth-order valence-electron chi connectivity index (χ4n) is 4.83. The molecule has 0 unspecified atom stereocenters. The summed E-state index contributed by atoms with van der Waals surface area (Å²) in [5, 5.41) is 15.5. The third-order valence-electron chi connectivity index (χ3n) is 6.11. The van der Waals surface area contributed by atoms with Crippen molar-refractivity contribution in [2.45, 2.75) is 55.7 Å². The highest BCUT2D eigenvalue weighted by Crippen LogP contribution is 2.60. The van der Waals surface area contributed by atoms with E-state index in [2.05, 4.69) is 16.7 Å². The zero-order valence-corrected chi connectivity index (χ0v) is 17.1. The van der Waals surface area contributed by atoms with Crippen molar-refractivity contribution in [2.24, 2.45) is 5.92 Å². The van der Waals surface area contributed by atoms with Crippen molar-refractivity contribution in [1.82, 2.24) is 10.6 Å². The van der Waals surface area contributed by atoms with Crippen molar-refractivity contribution in [1.29, 1.82) is 5.26 Å². The Bertz CT molecular complexity index is 838. The van der Waals surface area contributed by atoms with Gasteiger partial charge in [0.05, 0.1) is 17.6 Å². The van der Waals surface area contributed by atoms with Crippen LogP contribution in [-0.4, -0.2) is 41.7 Å². The standard InChI is InChI=1S/C21H24ClN3O4/c1-19(6-14(7-19)8-23)29-10-18(27)25-21-11-20(12-21,13-21)24-17(26)9-28-16-4-2-15(22)3-5-16/h2-5,14H,6-7,9-13H2,1H3,(H,24,26)(H,25,27). The highest BCUT2D eigenvalue weighted by molar-refractivity contribution is 6.30. The second-order valence-electron chi connectivity index (χ2n) is 8.90. The summed E-state index contributed by atoms with van der Waals surface area (Å²) in [6, 6.07) is 9.07. The van der Waals surface area contributed by atoms with Crippen molar-refractivity contribution in [3.05, 3.63) is 29.3 Å². The third-order valence-corrected chi connectivity index (χ3v) is 6.37. The van der Waals surface area contributed by atoms with Crippen LogP contribution in [0, 0.1) is 17.2 Å². The first-order valence-electron chi connectivity index (χ1n) is 9.77. The average molecular weight is 418 g/mol. The molecule has 0 aliphatic heterocycles. The molecule has 4 saturated carbocycles. The topological polar surface area (TPSA) is 100 Å². The summed E-state index contributed by atoms with van der Waals surface area (Å²) in [5.41, 5.74) is -0.814. The second kappa shape index (κ2) is 7.19. The van der Waals surface area contributed by atoms with Crippen LogP contribution in [0.3, 0.4) is 0 Å². The lowest BCUT2D eigenvalue weighted by Crippen LogP contribution is -2.84. The Morgan fingerprint density at radius 2 is 1.66 bits per heavy atom. The molecule has 5 rings (SSSR count). The summed E-state index contributed by atoms with van der Waals surface area (Å²) in [6.45, 7) is 1.88. The summed E-state index contributed by atoms with van der Waals surface area (Å²) in [4.78, 5) is 24.4. The van der Waals surface area contributed by atoms with Crippen molar-refractivity contribution in [3.8, 4) is 11.8 Å². The van der Waals surface area contributed by atoms with Gasteiger partial charge in [-0.1, -0.05) is 11.6 Å². The minimum Gasteiger partial charge on any atom is -0.484 e. The number of ether oxygens (including phenoxy) is 2. The van der Waals surface area contributed by atoms with Gasteiger partial charge < -0.3 is 20.1 Å². The van der Waals surface area contributed by atoms with Gasteiger partial charge in [-0.15, -0.1) is 0 Å². The number of carbonyl (C=O) groups excluding carboxylic acids is 2. The maximum atomic E-state index is 12.2. The number of amides is 2. The van der Waals surface area contributed by atoms with E-state index in [1.165, 1.54) is 0 Å². The SMILES string of the molecule is CC1(OCC(=O)NC23CC(NC(=O)COc4ccc(Cl)cc4)(C2)C3)CC(C#N)C1. The van der Waals surface area contributed by atoms with Crippen LogP contribution in [0.15, 0.2) is 24.3 Å². The highest BCUT2D eigenvalue weighted by atomic mass is 35.5. The number of benzene rings is 1. The lowest BCUT2D eigenvalue weighted by atomic mass is 9.44. The lowest BCUT2D eigenvalue weighted by Gasteiger charge is -2.70. The normalized spacial score (nSPS) is 33.9. The van der Waals surface area contributed by atoms with E-state index in [9.17, 15) is 9.59 Å². The smallest absolute Gasteiger partial charge is 0.258 e. The molecule has 1 aromatic carbocycles. The van der Waals surface area contributed by atoms with Crippen LogP contribution in [0.25, 0.3) is 0 Å². The predicted octanol–water partition coefficient (Wildman–Crippen LogP) is 2.34. The van der Waals surface area contributed by atoms with Crippen LogP contribution in [0.2, 0.25) is 5.02 Å². The number of nitrogens with one attached hydrogen (secondary N) is 2. The average Bonchev–Trinajstić information content (AvgIpc) is 2.61. The molecule has 0 radical (unpaired) electrons. The monoisotopic (exact) mass is 417 g/mol. The van der Waals surface area contributed by atoms with Crippen molar-refractivity contribution in [2.75, 3.05) is 13.2 Å². The molecule has 4 fully saturated rings. The van der Waals surface area contributed by atoms with E-state index in [0.29, 0.717) is 23.6 Å². The lowest BCUT2D eigenvalue weighted by molar-refractivity contribution is -0.160. The summed E-state index contributed by atoms with van der Waals surface area (Å²) in [7, 11) is 0. The summed E-state index contributed by atoms with van der Waals surface area (Å²) in [5.74, 6) is 0.310. The van der Waals surface area contributed by atoms with Gasteiger partial charge in [0.25, 0.3) is 5.91 Å². The number of nitriles is 1. The van der Waals surface area contributed by atoms with Gasteiger partial charge in [-0.3, -0.25) is 9.59 Å². The van der Waals surface area contributed by atoms with Crippen molar-refractivity contribution >= 4 is 23.4 Å². The summed E-state index contributed by atoms with van der Waals surface area (Å²) < 4.78 is 11.2. The predicted molar refractivity (Wildman–Crippen MR) is 105 cm³/mol. The number of hydrogen-bond acceptors (Lipinski definition) is 5. The molecule has 8 heteroatoms. The van der Waals surface area contributed by atoms with Crippen LogP contribution in [-0.2, 0) is 14.3 Å². The van der Waals surface area contributed by atoms with Crippen LogP contribution < -0.4 is 15.4 Å². The molecule has 7 nitrogen and oxygen atoms in total. The van der Waals surface area contributed by atoms with Crippen LogP contribution in [0.4, 0.5) is 0 Å². The quantitative estimate of drug-likeness (QED) is 0.676. The first-order valence-corrected chi connectivity index (χ1v) is 10.1. The summed E-state index contributed by atoms with van der Waals surface area (Å²) in [6.07, 6.45) is 3.54. The fourth-order valence-corrected chi connectivity index (χ4v) is 4.95. The number of halogens is 1. The van der Waals surface area contributed by atoms with Gasteiger partial charge in [-0.05, 0) is 63.3 Å². The molecule has 0 spiro atoms. The largest absolute Gasteiger partial charge is 0.484 e. The van der Waals surface area contributed by atoms with E-state index in [0.717, 1.165) is 19.3 Å². The molecule has 4 aliphatic carbocycles. The molecule has 0 saturated heterocycles. The van der Waals surface area contributed by atoms with Crippen LogP contribution >= 0.6 is 11.6 Å². The Kier molecular flexibility index (Phi) is 4.96. The Morgan fingerprint density at radius 1 is 1.10 bits per heavy atom. The van der Waals surface area contributed by atoms with E-state index in [1.54, 1.807) is 24.3 Å². The molecule has 2 amide bonds. The molecule has 1 aromatic rings. The minimum atomic E-state index is -0.365. The van der Waals surface area contributed by atoms with Gasteiger partial charge in [0, 0.05) is 16.1 Å². The second-order valence-corrected chi connectivity index (χ2v) is 9.34. The molecular formula is C21H24ClN3O4. The number of nitrogens with zero attached hydrogens (tertiary/aromatic N) is 1. The zero-order valence-electron chi connectivity index (χ0n) is 16.3. The van der Waals surface area contributed by atoms with Gasteiger partial charge in [0.2, 0.25) is 5.91 Å². The van der Waals surface area contributed by atoms with E-state index in [4.69, 9.17) is 26.3 Å². The molecular weight excluding hydrogens is 394 g/mol. The number of rotatable bonds is 8. The Balaban J connectivity index is 1.14. The van der Waals surface area contributed by atoms with Gasteiger partial charge in [-0.25, -0.2) is 0 Å². The Morgan fingerprint density at radius 3 is 2.21 bits per heavy atom. The Labute approximate surface area is 174 Å². The van der Waals surface area contributed by atoms with Gasteiger partial charge in [0.15, 0.2) is 6.61 Å². The first kappa shape index (κ1) is 20.0. The molecule has 0 atom stereocenters. The highest BCUT2D eigenvalue weighted by Gasteiger charge is 2.69. The van der Waals surface area contributed by atoms with E-state index in [-0.39, 0.29) is 47.6 Å². The number of carbonyl (C=O) groups is 2. The van der Waals surface area contributed by atoms with Gasteiger partial charge >= 0.3 is 0 Å². The first-order chi connectivity index (χ1) is 13.7. The van der Waals surface area contributed by atoms with E-state index < -0.39 is 0 Å². The van der Waals surface area contributed by atoms with Crippen molar-refractivity contribution < 1.29 is 19.1 Å². The molecule has 29 heavy (non-hydrogen) atoms. The third kappa shape index (κ3) is 4.19. The van der Waals surface area contributed by atoms with E-state index >= 15 is 0 Å². The molecule has 0 heterocycles. The van der Waals surface area contributed by atoms with Gasteiger partial charge in [-0.2, -0.15) is 5.26 Å². The molecule has 2 N–H and O–H groups in total. The molecule has 0 aromatic heterocycles. The summed E-state index contributed by atoms with van der Waals surface area (Å²) >= 11 is 5.82. The molecule has 2 bridgehead atoms. The maximum absolute atomic E-state index is 12.2. The van der Waals surface area contributed by atoms with E-state index in [1.807, 2.05) is 6.92 Å². The molecule has 154 valence electrons. The van der Waals surface area contributed by atoms with Crippen LogP contribution in [0.1, 0.15) is 39.0 Å². The number of hydrogen-bond donors (Lipinski definition) is 2.